The number of hydrogen-bond acceptors (Lipinski definition) is 15. The fourth-order valence-electron chi connectivity index (χ4n) is 10.9. The van der Waals surface area contributed by atoms with Crippen LogP contribution in [-0.2, 0) is 42.2 Å². The molecule has 19 nitrogen and oxygen atoms in total. The molecule has 376 valence electrons. The summed E-state index contributed by atoms with van der Waals surface area (Å²) in [4.78, 5) is 67.0. The highest BCUT2D eigenvalue weighted by molar-refractivity contribution is 6.33. The molecule has 0 bridgehead atoms. The second-order valence-electron chi connectivity index (χ2n) is 18.7. The molecule has 1 aliphatic heterocycles. The third-order valence-corrected chi connectivity index (χ3v) is 14.8. The minimum Gasteiger partial charge on any atom is -0.508 e. The molecular weight excluding hydrogens is 922 g/mol. The Morgan fingerprint density at radius 1 is 0.929 bits per heavy atom. The molecule has 4 aromatic rings. The van der Waals surface area contributed by atoms with Crippen LogP contribution in [0.2, 0.25) is 5.02 Å². The molecule has 4 atom stereocenters. The Bertz CT molecular complexity index is 2640. The number of carbonyl (C=O) groups is 3. The van der Waals surface area contributed by atoms with Gasteiger partial charge in [0.25, 0.3) is 17.4 Å². The smallest absolute Gasteiger partial charge is 0.293 e. The van der Waals surface area contributed by atoms with E-state index in [2.05, 4.69) is 44.4 Å². The molecule has 3 aliphatic carbocycles. The minimum absolute atomic E-state index is 0.0119. The van der Waals surface area contributed by atoms with Gasteiger partial charge in [-0.05, 0) is 105 Å². The standard InChI is InChI=1S/C50H64ClN9O10/c1-50-14-11-36-35-8-6-34(61)24-31(35)5-7-37(36)38(50)9-10-42(50)58-70-29-44(63)53-15-19-67-21-22-68-20-16-54-47(64)30-12-17-60(18-13-30)49-55-27-39(51)46(57-49)56-33-23-32-25-41(69-28-43(62)52-2)48(65)59(3)45(32)40(26-33)66-4/h6,8,23-27,30,36-38,61H,5,7,9-22,28-29H2,1-4H3,(H,52,62)(H,53,63)(H,54,64)(H,55,56,57)/b58-42+/t36?,37?,38?,50-/m0/s1. The van der Waals surface area contributed by atoms with E-state index in [1.54, 1.807) is 25.2 Å². The fraction of sp³-hybridized carbons (Fsp3) is 0.540. The fourth-order valence-corrected chi connectivity index (χ4v) is 11.0. The third-order valence-electron chi connectivity index (χ3n) is 14.5. The number of ether oxygens (including phenoxy) is 4. The van der Waals surface area contributed by atoms with Gasteiger partial charge in [0.15, 0.2) is 24.8 Å². The SMILES string of the molecule is CNC(=O)COc1cc2cc(Nc3nc(N4CCC(C(=O)NCCOCCOCCNC(=O)CO/N=C5\CCC6C7CCc8cc(O)ccc8C7CC[C@]56C)CC4)ncc3Cl)cc(OC)c2n(C)c1=O. The van der Waals surface area contributed by atoms with E-state index < -0.39 is 5.56 Å². The van der Waals surface area contributed by atoms with E-state index >= 15 is 0 Å². The summed E-state index contributed by atoms with van der Waals surface area (Å²) in [5.41, 5.74) is 4.45. The van der Waals surface area contributed by atoms with Gasteiger partial charge in [0.05, 0.1) is 51.0 Å². The van der Waals surface area contributed by atoms with E-state index in [1.807, 2.05) is 17.0 Å². The number of nitrogens with one attached hydrogen (secondary N) is 4. The zero-order valence-electron chi connectivity index (χ0n) is 40.3. The van der Waals surface area contributed by atoms with Crippen LogP contribution in [0.3, 0.4) is 0 Å². The molecule has 4 aliphatic rings. The van der Waals surface area contributed by atoms with Crippen LogP contribution in [0.15, 0.2) is 52.5 Å². The number of carbonyl (C=O) groups excluding carboxylic acids is 3. The zero-order valence-corrected chi connectivity index (χ0v) is 41.1. The van der Waals surface area contributed by atoms with Gasteiger partial charge in [0, 0.05) is 68.7 Å². The number of phenols is 1. The van der Waals surface area contributed by atoms with Crippen LogP contribution in [0.1, 0.15) is 68.9 Å². The summed E-state index contributed by atoms with van der Waals surface area (Å²) < 4.78 is 23.8. The lowest BCUT2D eigenvalue weighted by Crippen LogP contribution is -2.42. The Hall–Kier alpha value is -6.18. The van der Waals surface area contributed by atoms with E-state index in [1.165, 1.54) is 36.0 Å². The second-order valence-corrected chi connectivity index (χ2v) is 19.1. The Morgan fingerprint density at radius 3 is 2.46 bits per heavy atom. The Balaban J connectivity index is 0.690. The molecule has 3 heterocycles. The first-order valence-corrected chi connectivity index (χ1v) is 24.5. The van der Waals surface area contributed by atoms with Crippen LogP contribution >= 0.6 is 11.6 Å². The van der Waals surface area contributed by atoms with Crippen molar-refractivity contribution in [1.29, 1.82) is 0 Å². The summed E-state index contributed by atoms with van der Waals surface area (Å²) in [6.45, 7) is 5.08. The Labute approximate surface area is 412 Å². The van der Waals surface area contributed by atoms with Crippen molar-refractivity contribution in [3.8, 4) is 17.2 Å². The van der Waals surface area contributed by atoms with Crippen LogP contribution in [0, 0.1) is 23.2 Å². The van der Waals surface area contributed by atoms with E-state index in [9.17, 15) is 24.3 Å². The number of halogens is 1. The van der Waals surface area contributed by atoms with Crippen molar-refractivity contribution >= 4 is 63.4 Å². The largest absolute Gasteiger partial charge is 0.508 e. The number of fused-ring (bicyclic) bond motifs is 6. The van der Waals surface area contributed by atoms with Crippen LogP contribution in [0.25, 0.3) is 10.9 Å². The lowest BCUT2D eigenvalue weighted by Gasteiger charge is -2.49. The highest BCUT2D eigenvalue weighted by atomic mass is 35.5. The number of likely N-dealkylation sites (N-methyl/N-ethyl adjacent to an activating group) is 1. The third kappa shape index (κ3) is 11.4. The predicted octanol–water partition coefficient (Wildman–Crippen LogP) is 4.98. The molecule has 3 amide bonds. The molecule has 70 heavy (non-hydrogen) atoms. The van der Waals surface area contributed by atoms with Gasteiger partial charge in [-0.2, -0.15) is 4.98 Å². The number of methoxy groups -OCH3 is 1. The minimum atomic E-state index is -0.418. The number of amides is 3. The molecule has 3 unspecified atom stereocenters. The maximum absolute atomic E-state index is 13.0. The number of anilines is 3. The zero-order chi connectivity index (χ0) is 49.4. The molecule has 0 spiro atoms. The summed E-state index contributed by atoms with van der Waals surface area (Å²) in [5, 5.41) is 26.9. The number of oxime groups is 1. The maximum atomic E-state index is 13.0. The predicted molar refractivity (Wildman–Crippen MR) is 264 cm³/mol. The Kier molecular flexibility index (Phi) is 16.3. The lowest BCUT2D eigenvalue weighted by atomic mass is 9.55. The molecule has 2 aromatic carbocycles. The first-order valence-electron chi connectivity index (χ1n) is 24.2. The quantitative estimate of drug-likeness (QED) is 0.0582. The van der Waals surface area contributed by atoms with Crippen molar-refractivity contribution < 1.29 is 43.3 Å². The van der Waals surface area contributed by atoms with Crippen LogP contribution in [-0.4, -0.2) is 123 Å². The molecule has 2 saturated carbocycles. The normalized spacial score (nSPS) is 21.4. The maximum Gasteiger partial charge on any atom is 0.293 e. The number of rotatable bonds is 20. The molecule has 8 rings (SSSR count). The van der Waals surface area contributed by atoms with Gasteiger partial charge >= 0.3 is 0 Å². The molecule has 0 radical (unpaired) electrons. The van der Waals surface area contributed by atoms with Gasteiger partial charge in [-0.15, -0.1) is 0 Å². The number of aromatic hydroxyl groups is 1. The van der Waals surface area contributed by atoms with Crippen molar-refractivity contribution in [2.75, 3.05) is 90.2 Å². The Morgan fingerprint density at radius 2 is 1.70 bits per heavy atom. The summed E-state index contributed by atoms with van der Waals surface area (Å²) in [6.07, 6.45) is 8.99. The molecule has 5 N–H and O–H groups in total. The summed E-state index contributed by atoms with van der Waals surface area (Å²) in [5.74, 6) is 2.46. The summed E-state index contributed by atoms with van der Waals surface area (Å²) >= 11 is 6.55. The van der Waals surface area contributed by atoms with Crippen LogP contribution in [0.5, 0.6) is 17.2 Å². The van der Waals surface area contributed by atoms with Gasteiger partial charge in [0.2, 0.25) is 11.9 Å². The molecule has 3 fully saturated rings. The van der Waals surface area contributed by atoms with Gasteiger partial charge in [-0.3, -0.25) is 19.2 Å². The van der Waals surface area contributed by atoms with Gasteiger partial charge in [-0.1, -0.05) is 29.7 Å². The average Bonchev–Trinajstić information content (AvgIpc) is 3.70. The highest BCUT2D eigenvalue weighted by Gasteiger charge is 2.54. The van der Waals surface area contributed by atoms with E-state index in [0.29, 0.717) is 123 Å². The number of hydrogen-bond donors (Lipinski definition) is 5. The van der Waals surface area contributed by atoms with Gasteiger partial charge in [0.1, 0.15) is 16.5 Å². The number of piperidine rings is 1. The molecule has 1 saturated heterocycles. The van der Waals surface area contributed by atoms with Crippen LogP contribution < -0.4 is 41.2 Å². The number of nitrogens with zero attached hydrogens (tertiary/aromatic N) is 5. The first-order chi connectivity index (χ1) is 33.9. The highest BCUT2D eigenvalue weighted by Crippen LogP contribution is 2.60. The van der Waals surface area contributed by atoms with Gasteiger partial charge in [-0.25, -0.2) is 4.98 Å². The lowest BCUT2D eigenvalue weighted by molar-refractivity contribution is -0.126. The monoisotopic (exact) mass is 985 g/mol. The summed E-state index contributed by atoms with van der Waals surface area (Å²) in [6, 6.07) is 11.0. The molecule has 20 heteroatoms. The van der Waals surface area contributed by atoms with Crippen molar-refractivity contribution in [1.82, 2.24) is 30.5 Å². The van der Waals surface area contributed by atoms with Crippen molar-refractivity contribution in [3.63, 3.8) is 0 Å². The number of phenolic OH excluding ortho intramolecular Hbond substituents is 1. The van der Waals surface area contributed by atoms with Crippen molar-refractivity contribution in [2.24, 2.45) is 35.4 Å². The van der Waals surface area contributed by atoms with Crippen molar-refractivity contribution in [3.05, 3.63) is 69.1 Å². The number of aromatic nitrogens is 3. The first kappa shape index (κ1) is 50.2. The second kappa shape index (κ2) is 22.7. The molecular formula is C50H64ClN9O10. The summed E-state index contributed by atoms with van der Waals surface area (Å²) in [7, 11) is 4.59. The van der Waals surface area contributed by atoms with E-state index in [4.69, 9.17) is 40.4 Å². The molecule has 2 aromatic heterocycles. The number of benzene rings is 2. The van der Waals surface area contributed by atoms with E-state index in [0.717, 1.165) is 44.2 Å². The van der Waals surface area contributed by atoms with Crippen molar-refractivity contribution in [2.45, 2.75) is 64.2 Å². The topological polar surface area (TPSA) is 229 Å². The van der Waals surface area contributed by atoms with Gasteiger partial charge < -0.3 is 59.6 Å². The number of aryl methyl sites for hydroxylation is 2. The number of pyridine rings is 1. The van der Waals surface area contributed by atoms with Crippen LogP contribution in [0.4, 0.5) is 17.5 Å². The average molecular weight is 987 g/mol. The van der Waals surface area contributed by atoms with E-state index in [-0.39, 0.29) is 53.0 Å².